The monoisotopic (exact) mass is 357 g/mol. The Morgan fingerprint density at radius 2 is 2.20 bits per heavy atom. The van der Waals surface area contributed by atoms with Gasteiger partial charge in [0.25, 0.3) is 0 Å². The molecule has 0 bridgehead atoms. The molecule has 1 aromatic heterocycles. The minimum absolute atomic E-state index is 0.594. The van der Waals surface area contributed by atoms with Crippen LogP contribution in [0, 0.1) is 6.92 Å². The smallest absolute Gasteiger partial charge is 0.137 e. The summed E-state index contributed by atoms with van der Waals surface area (Å²) in [5.41, 5.74) is 3.07. The number of benzene rings is 1. The van der Waals surface area contributed by atoms with E-state index in [9.17, 15) is 0 Å². The number of rotatable bonds is 5. The lowest BCUT2D eigenvalue weighted by atomic mass is 10.3. The number of aryl methyl sites for hydroxylation is 2. The molecule has 6 heteroatoms. The van der Waals surface area contributed by atoms with Crippen molar-refractivity contribution in [2.24, 2.45) is 0 Å². The highest BCUT2D eigenvalue weighted by atomic mass is 79.9. The van der Waals surface area contributed by atoms with E-state index in [1.54, 1.807) is 7.11 Å². The largest absolute Gasteiger partial charge is 0.495 e. The SMILES string of the molecule is CCn1nc(C)c(Br)c1CNc1ccc(OC)c(Cl)c1. The Hall–Kier alpha value is -1.20. The van der Waals surface area contributed by atoms with E-state index in [0.717, 1.165) is 28.1 Å². The number of ether oxygens (including phenoxy) is 1. The molecule has 20 heavy (non-hydrogen) atoms. The Labute approximate surface area is 132 Å². The molecule has 0 fully saturated rings. The summed E-state index contributed by atoms with van der Waals surface area (Å²) >= 11 is 9.70. The number of methoxy groups -OCH3 is 1. The Morgan fingerprint density at radius 1 is 1.45 bits per heavy atom. The Balaban J connectivity index is 2.14. The van der Waals surface area contributed by atoms with Gasteiger partial charge in [0.05, 0.1) is 34.5 Å². The first-order valence-corrected chi connectivity index (χ1v) is 7.53. The summed E-state index contributed by atoms with van der Waals surface area (Å²) in [6, 6.07) is 5.65. The number of aromatic nitrogens is 2. The Bertz CT molecular complexity index is 613. The fraction of sp³-hybridized carbons (Fsp3) is 0.357. The van der Waals surface area contributed by atoms with Crippen molar-refractivity contribution in [3.8, 4) is 5.75 Å². The molecule has 0 aliphatic rings. The van der Waals surface area contributed by atoms with E-state index in [0.29, 0.717) is 17.3 Å². The third-order valence-corrected chi connectivity index (χ3v) is 4.39. The lowest BCUT2D eigenvalue weighted by molar-refractivity contribution is 0.415. The van der Waals surface area contributed by atoms with Crippen molar-refractivity contribution in [2.45, 2.75) is 26.9 Å². The summed E-state index contributed by atoms with van der Waals surface area (Å²) in [6.07, 6.45) is 0. The van der Waals surface area contributed by atoms with Crippen LogP contribution in [0.2, 0.25) is 5.02 Å². The van der Waals surface area contributed by atoms with Gasteiger partial charge in [-0.2, -0.15) is 5.10 Å². The molecule has 2 rings (SSSR count). The first kappa shape index (κ1) is 15.2. The number of hydrogen-bond acceptors (Lipinski definition) is 3. The van der Waals surface area contributed by atoms with Gasteiger partial charge in [0.2, 0.25) is 0 Å². The lowest BCUT2D eigenvalue weighted by Gasteiger charge is -2.10. The second-order valence-electron chi connectivity index (χ2n) is 4.36. The van der Waals surface area contributed by atoms with Crippen molar-refractivity contribution in [3.63, 3.8) is 0 Å². The maximum Gasteiger partial charge on any atom is 0.137 e. The highest BCUT2D eigenvalue weighted by Crippen LogP contribution is 2.28. The maximum atomic E-state index is 6.11. The van der Waals surface area contributed by atoms with Crippen molar-refractivity contribution in [1.82, 2.24) is 9.78 Å². The molecule has 0 atom stereocenters. The summed E-state index contributed by atoms with van der Waals surface area (Å²) in [6.45, 7) is 5.58. The summed E-state index contributed by atoms with van der Waals surface area (Å²) in [5.74, 6) is 0.674. The second-order valence-corrected chi connectivity index (χ2v) is 5.56. The molecular formula is C14H17BrClN3O. The van der Waals surface area contributed by atoms with Crippen LogP contribution < -0.4 is 10.1 Å². The topological polar surface area (TPSA) is 39.1 Å². The molecular weight excluding hydrogens is 342 g/mol. The molecule has 108 valence electrons. The van der Waals surface area contributed by atoms with E-state index in [1.807, 2.05) is 29.8 Å². The number of nitrogens with one attached hydrogen (secondary N) is 1. The van der Waals surface area contributed by atoms with Crippen LogP contribution in [-0.4, -0.2) is 16.9 Å². The van der Waals surface area contributed by atoms with Crippen LogP contribution in [0.15, 0.2) is 22.7 Å². The molecule has 1 heterocycles. The third kappa shape index (κ3) is 3.10. The van der Waals surface area contributed by atoms with E-state index < -0.39 is 0 Å². The van der Waals surface area contributed by atoms with Gasteiger partial charge in [0.15, 0.2) is 0 Å². The highest BCUT2D eigenvalue weighted by Gasteiger charge is 2.11. The Morgan fingerprint density at radius 3 is 2.80 bits per heavy atom. The fourth-order valence-corrected chi connectivity index (χ4v) is 2.68. The van der Waals surface area contributed by atoms with Crippen LogP contribution in [0.5, 0.6) is 5.75 Å². The molecule has 0 unspecified atom stereocenters. The standard InChI is InChI=1S/C14H17BrClN3O/c1-4-19-12(14(15)9(2)18-19)8-17-10-5-6-13(20-3)11(16)7-10/h5-7,17H,4,8H2,1-3H3. The van der Waals surface area contributed by atoms with E-state index in [1.165, 1.54) is 0 Å². The molecule has 2 aromatic rings. The van der Waals surface area contributed by atoms with Crippen LogP contribution in [0.25, 0.3) is 0 Å². The van der Waals surface area contributed by atoms with E-state index in [-0.39, 0.29) is 0 Å². The highest BCUT2D eigenvalue weighted by molar-refractivity contribution is 9.10. The number of halogens is 2. The van der Waals surface area contributed by atoms with Gasteiger partial charge in [0, 0.05) is 12.2 Å². The second kappa shape index (κ2) is 6.50. The van der Waals surface area contributed by atoms with E-state index >= 15 is 0 Å². The van der Waals surface area contributed by atoms with Gasteiger partial charge in [-0.05, 0) is 48.0 Å². The normalized spacial score (nSPS) is 10.7. The summed E-state index contributed by atoms with van der Waals surface area (Å²) in [4.78, 5) is 0. The average molecular weight is 359 g/mol. The van der Waals surface area contributed by atoms with Gasteiger partial charge in [-0.25, -0.2) is 0 Å². The van der Waals surface area contributed by atoms with Crippen molar-refractivity contribution in [2.75, 3.05) is 12.4 Å². The quantitative estimate of drug-likeness (QED) is 0.868. The third-order valence-electron chi connectivity index (χ3n) is 3.06. The maximum absolute atomic E-state index is 6.11. The molecule has 0 spiro atoms. The molecule has 0 aliphatic heterocycles. The molecule has 0 saturated heterocycles. The molecule has 0 radical (unpaired) electrons. The van der Waals surface area contributed by atoms with Crippen molar-refractivity contribution in [1.29, 1.82) is 0 Å². The van der Waals surface area contributed by atoms with Crippen LogP contribution in [0.1, 0.15) is 18.3 Å². The first-order chi connectivity index (χ1) is 9.56. The Kier molecular flexibility index (Phi) is 4.94. The predicted octanol–water partition coefficient (Wildman–Crippen LogP) is 4.25. The van der Waals surface area contributed by atoms with Crippen molar-refractivity contribution < 1.29 is 4.74 Å². The van der Waals surface area contributed by atoms with Crippen LogP contribution >= 0.6 is 27.5 Å². The van der Waals surface area contributed by atoms with Crippen LogP contribution in [-0.2, 0) is 13.1 Å². The van der Waals surface area contributed by atoms with E-state index in [4.69, 9.17) is 16.3 Å². The van der Waals surface area contributed by atoms with E-state index in [2.05, 4.69) is 33.3 Å². The molecule has 0 saturated carbocycles. The summed E-state index contributed by atoms with van der Waals surface area (Å²) in [5, 5.41) is 8.41. The molecule has 1 N–H and O–H groups in total. The molecule has 4 nitrogen and oxygen atoms in total. The number of anilines is 1. The zero-order valence-electron chi connectivity index (χ0n) is 11.7. The average Bonchev–Trinajstić information content (AvgIpc) is 2.72. The minimum atomic E-state index is 0.594. The van der Waals surface area contributed by atoms with Gasteiger partial charge in [-0.3, -0.25) is 4.68 Å². The minimum Gasteiger partial charge on any atom is -0.495 e. The number of nitrogens with zero attached hydrogens (tertiary/aromatic N) is 2. The molecule has 0 aliphatic carbocycles. The lowest BCUT2D eigenvalue weighted by Crippen LogP contribution is -2.08. The molecule has 1 aromatic carbocycles. The van der Waals surface area contributed by atoms with Gasteiger partial charge >= 0.3 is 0 Å². The zero-order chi connectivity index (χ0) is 14.7. The fourth-order valence-electron chi connectivity index (χ4n) is 2.00. The summed E-state index contributed by atoms with van der Waals surface area (Å²) in [7, 11) is 1.61. The zero-order valence-corrected chi connectivity index (χ0v) is 14.0. The predicted molar refractivity (Wildman–Crippen MR) is 85.7 cm³/mol. The van der Waals surface area contributed by atoms with Gasteiger partial charge in [0.1, 0.15) is 5.75 Å². The van der Waals surface area contributed by atoms with Gasteiger partial charge in [-0.1, -0.05) is 11.6 Å². The van der Waals surface area contributed by atoms with Crippen LogP contribution in [0.4, 0.5) is 5.69 Å². The van der Waals surface area contributed by atoms with Crippen molar-refractivity contribution >= 4 is 33.2 Å². The molecule has 0 amide bonds. The first-order valence-electron chi connectivity index (χ1n) is 6.36. The van der Waals surface area contributed by atoms with Gasteiger partial charge in [-0.15, -0.1) is 0 Å². The van der Waals surface area contributed by atoms with Gasteiger partial charge < -0.3 is 10.1 Å². The van der Waals surface area contributed by atoms with Crippen molar-refractivity contribution in [3.05, 3.63) is 39.1 Å². The summed E-state index contributed by atoms with van der Waals surface area (Å²) < 4.78 is 8.17. The number of hydrogen-bond donors (Lipinski definition) is 1. The van der Waals surface area contributed by atoms with Crippen LogP contribution in [0.3, 0.4) is 0 Å².